The second kappa shape index (κ2) is 4.01. The van der Waals surface area contributed by atoms with Crippen LogP contribution in [0.2, 0.25) is 0 Å². The summed E-state index contributed by atoms with van der Waals surface area (Å²) in [5.74, 6) is 0.520. The van der Waals surface area contributed by atoms with Gasteiger partial charge in [-0.1, -0.05) is 6.07 Å². The summed E-state index contributed by atoms with van der Waals surface area (Å²) >= 11 is 2.06. The van der Waals surface area contributed by atoms with Crippen LogP contribution in [-0.2, 0) is 0 Å². The lowest BCUT2D eigenvalue weighted by Gasteiger charge is -2.01. The highest BCUT2D eigenvalue weighted by atomic mass is 127. The van der Waals surface area contributed by atoms with Gasteiger partial charge in [-0.3, -0.25) is 10.1 Å². The molecule has 2 rings (SSSR count). The second-order valence-electron chi connectivity index (χ2n) is 2.87. The highest BCUT2D eigenvalue weighted by Gasteiger charge is 2.19. The molecule has 0 aliphatic rings. The average Bonchev–Trinajstić information content (AvgIpc) is 2.70. The van der Waals surface area contributed by atoms with Crippen LogP contribution in [0.15, 0.2) is 41.0 Å². The quantitative estimate of drug-likeness (QED) is 0.484. The smallest absolute Gasteiger partial charge is 0.281 e. The van der Waals surface area contributed by atoms with Gasteiger partial charge in [-0.15, -0.1) is 0 Å². The van der Waals surface area contributed by atoms with Gasteiger partial charge in [0.15, 0.2) is 0 Å². The van der Waals surface area contributed by atoms with Crippen molar-refractivity contribution >= 4 is 28.3 Å². The predicted octanol–water partition coefficient (Wildman–Crippen LogP) is 3.46. The van der Waals surface area contributed by atoms with Crippen LogP contribution >= 0.6 is 22.6 Å². The van der Waals surface area contributed by atoms with Crippen LogP contribution in [-0.4, -0.2) is 4.92 Å². The van der Waals surface area contributed by atoms with Crippen LogP contribution in [0.25, 0.3) is 11.3 Å². The molecule has 1 heterocycles. The fourth-order valence-corrected chi connectivity index (χ4v) is 2.08. The maximum absolute atomic E-state index is 10.8. The number of nitro groups is 1. The third-order valence-corrected chi connectivity index (χ3v) is 2.85. The van der Waals surface area contributed by atoms with E-state index in [1.54, 1.807) is 18.2 Å². The Morgan fingerprint density at radius 1 is 1.27 bits per heavy atom. The Balaban J connectivity index is 2.68. The van der Waals surface area contributed by atoms with Gasteiger partial charge in [0.05, 0.1) is 11.2 Å². The van der Waals surface area contributed by atoms with Crippen LogP contribution in [0, 0.1) is 13.7 Å². The molecule has 0 fully saturated rings. The molecular formula is C10H6INO3. The molecule has 1 aromatic carbocycles. The summed E-state index contributed by atoms with van der Waals surface area (Å²) in [5.41, 5.74) is 0.602. The molecule has 0 atom stereocenters. The summed E-state index contributed by atoms with van der Waals surface area (Å²) < 4.78 is 5.98. The number of rotatable bonds is 2. The highest BCUT2D eigenvalue weighted by molar-refractivity contribution is 14.1. The highest BCUT2D eigenvalue weighted by Crippen LogP contribution is 2.33. The Bertz CT molecular complexity index is 493. The van der Waals surface area contributed by atoms with Crippen molar-refractivity contribution in [3.63, 3.8) is 0 Å². The minimum Gasteiger partial charge on any atom is -0.464 e. The monoisotopic (exact) mass is 315 g/mol. The maximum Gasteiger partial charge on any atom is 0.281 e. The van der Waals surface area contributed by atoms with E-state index in [0.29, 0.717) is 11.3 Å². The van der Waals surface area contributed by atoms with Gasteiger partial charge in [0.1, 0.15) is 11.3 Å². The number of hydrogen-bond donors (Lipinski definition) is 0. The summed E-state index contributed by atoms with van der Waals surface area (Å²) in [4.78, 5) is 10.4. The first-order valence-electron chi connectivity index (χ1n) is 4.17. The Kier molecular flexibility index (Phi) is 2.72. The second-order valence-corrected chi connectivity index (χ2v) is 4.03. The van der Waals surface area contributed by atoms with E-state index >= 15 is 0 Å². The fourth-order valence-electron chi connectivity index (χ4n) is 1.33. The Morgan fingerprint density at radius 3 is 2.67 bits per heavy atom. The van der Waals surface area contributed by atoms with E-state index in [-0.39, 0.29) is 5.69 Å². The molecule has 0 aliphatic heterocycles. The summed E-state index contributed by atoms with van der Waals surface area (Å²) in [7, 11) is 0. The zero-order chi connectivity index (χ0) is 10.8. The first-order valence-corrected chi connectivity index (χ1v) is 5.25. The van der Waals surface area contributed by atoms with E-state index in [0.717, 1.165) is 3.57 Å². The first kappa shape index (κ1) is 10.2. The van der Waals surface area contributed by atoms with Crippen molar-refractivity contribution in [2.24, 2.45) is 0 Å². The van der Waals surface area contributed by atoms with Crippen molar-refractivity contribution in [1.29, 1.82) is 0 Å². The summed E-state index contributed by atoms with van der Waals surface area (Å²) in [6.07, 6.45) is 1.50. The zero-order valence-corrected chi connectivity index (χ0v) is 9.67. The first-order chi connectivity index (χ1) is 7.20. The lowest BCUT2D eigenvalue weighted by atomic mass is 10.1. The van der Waals surface area contributed by atoms with Crippen molar-refractivity contribution in [3.8, 4) is 11.3 Å². The van der Waals surface area contributed by atoms with Crippen LogP contribution in [0.1, 0.15) is 0 Å². The van der Waals surface area contributed by atoms with Crippen molar-refractivity contribution in [3.05, 3.63) is 50.3 Å². The normalized spacial score (nSPS) is 10.2. The molecule has 15 heavy (non-hydrogen) atoms. The van der Waals surface area contributed by atoms with Gasteiger partial charge in [0, 0.05) is 9.64 Å². The van der Waals surface area contributed by atoms with E-state index in [1.807, 2.05) is 6.07 Å². The number of nitro benzene ring substituents is 1. The molecule has 0 bridgehead atoms. The van der Waals surface area contributed by atoms with E-state index in [9.17, 15) is 10.1 Å². The number of hydrogen-bond acceptors (Lipinski definition) is 3. The average molecular weight is 315 g/mol. The van der Waals surface area contributed by atoms with Crippen LogP contribution in [0.5, 0.6) is 0 Å². The van der Waals surface area contributed by atoms with Gasteiger partial charge in [0.25, 0.3) is 5.69 Å². The van der Waals surface area contributed by atoms with E-state index in [4.69, 9.17) is 4.42 Å². The Morgan fingerprint density at radius 2 is 2.07 bits per heavy atom. The number of benzene rings is 1. The molecule has 0 aliphatic carbocycles. The predicted molar refractivity (Wildman–Crippen MR) is 63.5 cm³/mol. The molecule has 5 heteroatoms. The molecule has 0 N–H and O–H groups in total. The molecule has 1 aromatic heterocycles. The molecule has 4 nitrogen and oxygen atoms in total. The van der Waals surface area contributed by atoms with Crippen molar-refractivity contribution in [1.82, 2.24) is 0 Å². The van der Waals surface area contributed by atoms with E-state index in [2.05, 4.69) is 22.6 Å². The minimum absolute atomic E-state index is 0.0665. The van der Waals surface area contributed by atoms with Crippen molar-refractivity contribution < 1.29 is 9.34 Å². The Hall–Kier alpha value is -1.37. The van der Waals surface area contributed by atoms with Crippen molar-refractivity contribution in [2.75, 3.05) is 0 Å². The van der Waals surface area contributed by atoms with E-state index < -0.39 is 4.92 Å². The van der Waals surface area contributed by atoms with E-state index in [1.165, 1.54) is 12.3 Å². The van der Waals surface area contributed by atoms with Crippen LogP contribution in [0.4, 0.5) is 5.69 Å². The van der Waals surface area contributed by atoms with Crippen LogP contribution in [0.3, 0.4) is 0 Å². The third kappa shape index (κ3) is 1.87. The third-order valence-electron chi connectivity index (χ3n) is 1.96. The van der Waals surface area contributed by atoms with Gasteiger partial charge in [-0.05, 0) is 40.8 Å². The lowest BCUT2D eigenvalue weighted by molar-refractivity contribution is -0.384. The van der Waals surface area contributed by atoms with Gasteiger partial charge in [-0.25, -0.2) is 0 Å². The SMILES string of the molecule is O=[N+]([O-])c1cccc(I)c1-c1ccco1. The topological polar surface area (TPSA) is 56.3 Å². The summed E-state index contributed by atoms with van der Waals surface area (Å²) in [6, 6.07) is 8.37. The largest absolute Gasteiger partial charge is 0.464 e. The molecule has 2 aromatic rings. The molecular weight excluding hydrogens is 309 g/mol. The standard InChI is InChI=1S/C10H6INO3/c11-7-3-1-4-8(12(13)14)10(7)9-5-2-6-15-9/h1-6H. The van der Waals surface area contributed by atoms with Gasteiger partial charge < -0.3 is 4.42 Å². The molecule has 0 saturated heterocycles. The van der Waals surface area contributed by atoms with Gasteiger partial charge in [-0.2, -0.15) is 0 Å². The number of halogens is 1. The minimum atomic E-state index is -0.403. The molecule has 0 radical (unpaired) electrons. The maximum atomic E-state index is 10.8. The molecule has 76 valence electrons. The summed E-state index contributed by atoms with van der Waals surface area (Å²) in [5, 5.41) is 10.8. The van der Waals surface area contributed by atoms with Crippen LogP contribution < -0.4 is 0 Å². The molecule has 0 amide bonds. The molecule has 0 saturated carbocycles. The number of furan rings is 1. The fraction of sp³-hybridized carbons (Fsp3) is 0. The molecule has 0 spiro atoms. The number of nitrogens with zero attached hydrogens (tertiary/aromatic N) is 1. The lowest BCUT2D eigenvalue weighted by Crippen LogP contribution is -1.93. The summed E-state index contributed by atoms with van der Waals surface area (Å²) in [6.45, 7) is 0. The molecule has 0 unspecified atom stereocenters. The van der Waals surface area contributed by atoms with Crippen molar-refractivity contribution in [2.45, 2.75) is 0 Å². The van der Waals surface area contributed by atoms with Gasteiger partial charge >= 0.3 is 0 Å². The van der Waals surface area contributed by atoms with Gasteiger partial charge in [0.2, 0.25) is 0 Å². The zero-order valence-electron chi connectivity index (χ0n) is 7.51. The Labute approximate surface area is 99.2 Å².